The first-order valence-electron chi connectivity index (χ1n) is 6.10. The summed E-state index contributed by atoms with van der Waals surface area (Å²) in [4.78, 5) is 26.2. The Kier molecular flexibility index (Phi) is 3.71. The molecule has 1 aromatic heterocycles. The highest BCUT2D eigenvalue weighted by molar-refractivity contribution is 7.13. The van der Waals surface area contributed by atoms with Crippen molar-refractivity contribution < 1.29 is 19.2 Å². The molecule has 0 spiro atoms. The predicted molar refractivity (Wildman–Crippen MR) is 79.0 cm³/mol. The number of fused-ring (bicyclic) bond motifs is 1. The molecule has 0 unspecified atom stereocenters. The van der Waals surface area contributed by atoms with Gasteiger partial charge in [0.05, 0.1) is 16.6 Å². The molecule has 112 valence electrons. The topological polar surface area (TPSA) is 104 Å². The van der Waals surface area contributed by atoms with Gasteiger partial charge < -0.3 is 9.47 Å². The summed E-state index contributed by atoms with van der Waals surface area (Å²) in [5, 5.41) is 15.8. The Morgan fingerprint density at radius 3 is 2.86 bits per heavy atom. The largest absolute Gasteiger partial charge is 0.454 e. The van der Waals surface area contributed by atoms with Gasteiger partial charge in [-0.25, -0.2) is 4.98 Å². The lowest BCUT2D eigenvalue weighted by Crippen LogP contribution is -2.07. The number of benzene rings is 1. The Hall–Kier alpha value is -2.94. The van der Waals surface area contributed by atoms with Crippen molar-refractivity contribution in [2.75, 3.05) is 12.1 Å². The highest BCUT2D eigenvalue weighted by Crippen LogP contribution is 2.38. The van der Waals surface area contributed by atoms with E-state index in [1.807, 2.05) is 0 Å². The molecule has 1 aliphatic heterocycles. The van der Waals surface area contributed by atoms with Gasteiger partial charge >= 0.3 is 0 Å². The molecule has 8 nitrogen and oxygen atoms in total. The lowest BCUT2D eigenvalue weighted by atomic mass is 10.1. The van der Waals surface area contributed by atoms with Gasteiger partial charge in [0, 0.05) is 17.7 Å². The number of nitro benzene ring substituents is 1. The van der Waals surface area contributed by atoms with Crippen LogP contribution in [0.1, 0.15) is 5.56 Å². The van der Waals surface area contributed by atoms with Crippen LogP contribution < -0.4 is 14.8 Å². The summed E-state index contributed by atoms with van der Waals surface area (Å²) in [6, 6.07) is 2.74. The van der Waals surface area contributed by atoms with Crippen LogP contribution in [0.4, 0.5) is 10.8 Å². The molecule has 0 saturated carbocycles. The van der Waals surface area contributed by atoms with E-state index in [4.69, 9.17) is 9.47 Å². The number of hydrogen-bond acceptors (Lipinski definition) is 7. The van der Waals surface area contributed by atoms with Crippen LogP contribution >= 0.6 is 11.3 Å². The lowest BCUT2D eigenvalue weighted by molar-refractivity contribution is -0.385. The van der Waals surface area contributed by atoms with Gasteiger partial charge in [0.25, 0.3) is 5.69 Å². The van der Waals surface area contributed by atoms with E-state index in [0.29, 0.717) is 16.6 Å². The van der Waals surface area contributed by atoms with Crippen LogP contribution in [0.5, 0.6) is 11.5 Å². The van der Waals surface area contributed by atoms with Crippen molar-refractivity contribution in [2.24, 2.45) is 0 Å². The maximum Gasteiger partial charge on any atom is 0.280 e. The smallest absolute Gasteiger partial charge is 0.280 e. The minimum absolute atomic E-state index is 0.0180. The summed E-state index contributed by atoms with van der Waals surface area (Å²) in [6.07, 6.45) is 4.11. The van der Waals surface area contributed by atoms with Crippen LogP contribution in [-0.2, 0) is 4.79 Å². The minimum atomic E-state index is -0.541. The van der Waals surface area contributed by atoms with E-state index in [0.717, 1.165) is 0 Å². The molecule has 3 rings (SSSR count). The fourth-order valence-electron chi connectivity index (χ4n) is 1.84. The fourth-order valence-corrected chi connectivity index (χ4v) is 2.37. The number of ether oxygens (including phenoxy) is 2. The second kappa shape index (κ2) is 5.82. The molecular weight excluding hydrogens is 310 g/mol. The summed E-state index contributed by atoms with van der Waals surface area (Å²) in [5.74, 6) is 0.295. The summed E-state index contributed by atoms with van der Waals surface area (Å²) < 4.78 is 10.3. The van der Waals surface area contributed by atoms with E-state index in [1.54, 1.807) is 11.6 Å². The first-order chi connectivity index (χ1) is 10.6. The van der Waals surface area contributed by atoms with Gasteiger partial charge in [-0.15, -0.1) is 11.3 Å². The summed E-state index contributed by atoms with van der Waals surface area (Å²) >= 11 is 1.28. The van der Waals surface area contributed by atoms with Gasteiger partial charge in [-0.2, -0.15) is 0 Å². The van der Waals surface area contributed by atoms with E-state index in [9.17, 15) is 14.9 Å². The van der Waals surface area contributed by atoms with Crippen molar-refractivity contribution in [3.63, 3.8) is 0 Å². The van der Waals surface area contributed by atoms with Gasteiger partial charge in [0.1, 0.15) is 0 Å². The standard InChI is InChI=1S/C13H9N3O5S/c17-12(15-13-14-3-4-22-13)2-1-8-5-10-11(21-7-20-10)6-9(8)16(18)19/h1-6H,7H2,(H,14,15,17)/b2-1+. The molecule has 0 bridgehead atoms. The Balaban J connectivity index is 1.83. The molecule has 1 aliphatic rings. The van der Waals surface area contributed by atoms with E-state index in [-0.39, 0.29) is 18.0 Å². The third-order valence-corrected chi connectivity index (χ3v) is 3.48. The number of aromatic nitrogens is 1. The van der Waals surface area contributed by atoms with E-state index in [2.05, 4.69) is 10.3 Å². The third-order valence-electron chi connectivity index (χ3n) is 2.80. The normalized spacial score (nSPS) is 12.5. The highest BCUT2D eigenvalue weighted by atomic mass is 32.1. The second-order valence-corrected chi connectivity index (χ2v) is 5.08. The SMILES string of the molecule is O=C(/C=C/c1cc2c(cc1[N+](=O)[O-])OCO2)Nc1nccs1. The van der Waals surface area contributed by atoms with Crippen molar-refractivity contribution >= 4 is 34.1 Å². The Bertz CT molecular complexity index is 757. The molecule has 1 amide bonds. The lowest BCUT2D eigenvalue weighted by Gasteiger charge is -2.01. The molecule has 1 N–H and O–H groups in total. The Labute approximate surface area is 128 Å². The number of carbonyl (C=O) groups excluding carboxylic acids is 1. The second-order valence-electron chi connectivity index (χ2n) is 4.18. The number of carbonyl (C=O) groups is 1. The number of anilines is 1. The van der Waals surface area contributed by atoms with Crippen molar-refractivity contribution in [3.8, 4) is 11.5 Å². The molecule has 1 aromatic carbocycles. The molecule has 0 atom stereocenters. The highest BCUT2D eigenvalue weighted by Gasteiger charge is 2.22. The Morgan fingerprint density at radius 1 is 1.41 bits per heavy atom. The van der Waals surface area contributed by atoms with Gasteiger partial charge in [-0.05, 0) is 12.1 Å². The maximum absolute atomic E-state index is 11.7. The number of hydrogen-bond donors (Lipinski definition) is 1. The number of nitrogens with zero attached hydrogens (tertiary/aromatic N) is 2. The monoisotopic (exact) mass is 319 g/mol. The summed E-state index contributed by atoms with van der Waals surface area (Å²) in [6.45, 7) is 0.0180. The maximum atomic E-state index is 11.7. The molecule has 0 radical (unpaired) electrons. The Morgan fingerprint density at radius 2 is 2.18 bits per heavy atom. The quantitative estimate of drug-likeness (QED) is 0.527. The first kappa shape index (κ1) is 14.0. The number of nitro groups is 1. The van der Waals surface area contributed by atoms with E-state index < -0.39 is 10.8 Å². The van der Waals surface area contributed by atoms with E-state index in [1.165, 1.54) is 35.6 Å². The van der Waals surface area contributed by atoms with Crippen molar-refractivity contribution in [3.05, 3.63) is 45.5 Å². The zero-order chi connectivity index (χ0) is 15.5. The molecule has 2 aromatic rings. The minimum Gasteiger partial charge on any atom is -0.454 e. The average molecular weight is 319 g/mol. The van der Waals surface area contributed by atoms with Crippen LogP contribution in [-0.4, -0.2) is 22.6 Å². The zero-order valence-electron chi connectivity index (χ0n) is 11.0. The van der Waals surface area contributed by atoms with Crippen LogP contribution in [0.25, 0.3) is 6.08 Å². The van der Waals surface area contributed by atoms with Gasteiger partial charge in [0.15, 0.2) is 16.6 Å². The fraction of sp³-hybridized carbons (Fsp3) is 0.0769. The molecular formula is C13H9N3O5S. The molecule has 2 heterocycles. The molecule has 22 heavy (non-hydrogen) atoms. The van der Waals surface area contributed by atoms with Crippen LogP contribution in [0.2, 0.25) is 0 Å². The number of nitrogens with one attached hydrogen (secondary N) is 1. The molecule has 0 saturated heterocycles. The van der Waals surface area contributed by atoms with Crippen LogP contribution in [0.3, 0.4) is 0 Å². The third kappa shape index (κ3) is 2.88. The van der Waals surface area contributed by atoms with Crippen molar-refractivity contribution in [1.29, 1.82) is 0 Å². The molecule has 9 heteroatoms. The molecule has 0 fully saturated rings. The van der Waals surface area contributed by atoms with Crippen LogP contribution in [0.15, 0.2) is 29.8 Å². The van der Waals surface area contributed by atoms with Gasteiger partial charge in [-0.3, -0.25) is 20.2 Å². The number of rotatable bonds is 4. The van der Waals surface area contributed by atoms with Gasteiger partial charge in [-0.1, -0.05) is 0 Å². The van der Waals surface area contributed by atoms with Crippen molar-refractivity contribution in [2.45, 2.75) is 0 Å². The summed E-state index contributed by atoms with van der Waals surface area (Å²) in [5.41, 5.74) is 0.0890. The summed E-state index contributed by atoms with van der Waals surface area (Å²) in [7, 11) is 0. The van der Waals surface area contributed by atoms with Crippen LogP contribution in [0, 0.1) is 10.1 Å². The molecule has 0 aliphatic carbocycles. The van der Waals surface area contributed by atoms with E-state index >= 15 is 0 Å². The predicted octanol–water partition coefficient (Wildman–Crippen LogP) is 2.43. The first-order valence-corrected chi connectivity index (χ1v) is 6.98. The average Bonchev–Trinajstić information content (AvgIpc) is 3.14. The number of thiazole rings is 1. The number of amides is 1. The zero-order valence-corrected chi connectivity index (χ0v) is 11.8. The van der Waals surface area contributed by atoms with Gasteiger partial charge in [0.2, 0.25) is 12.7 Å². The van der Waals surface area contributed by atoms with Crippen molar-refractivity contribution in [1.82, 2.24) is 4.98 Å².